The van der Waals surface area contributed by atoms with Gasteiger partial charge in [0.05, 0.1) is 0 Å². The average Bonchev–Trinajstić information content (AvgIpc) is 2.68. The van der Waals surface area contributed by atoms with Gasteiger partial charge in [-0.2, -0.15) is 5.10 Å². The van der Waals surface area contributed by atoms with Gasteiger partial charge in [0.2, 0.25) is 5.82 Å². The van der Waals surface area contributed by atoms with Crippen LogP contribution in [0.15, 0.2) is 24.5 Å². The number of anilines is 1. The first-order chi connectivity index (χ1) is 7.65. The molecule has 1 aromatic carbocycles. The molecule has 0 fully saturated rings. The van der Waals surface area contributed by atoms with Crippen molar-refractivity contribution < 1.29 is 9.18 Å². The van der Waals surface area contributed by atoms with Gasteiger partial charge in [-0.15, -0.1) is 0 Å². The van der Waals surface area contributed by atoms with Gasteiger partial charge in [-0.3, -0.25) is 9.89 Å². The molecule has 0 saturated heterocycles. The lowest BCUT2D eigenvalue weighted by Gasteiger charge is -2.04. The van der Waals surface area contributed by atoms with Crippen LogP contribution in [0.2, 0.25) is 0 Å². The fourth-order valence-electron chi connectivity index (χ4n) is 1.31. The molecule has 2 aromatic rings. The van der Waals surface area contributed by atoms with Crippen LogP contribution in [0.4, 0.5) is 10.1 Å². The molecule has 0 saturated carbocycles. The fourth-order valence-corrected chi connectivity index (χ4v) is 1.31. The van der Waals surface area contributed by atoms with E-state index in [1.165, 1.54) is 18.5 Å². The van der Waals surface area contributed by atoms with Gasteiger partial charge in [0.15, 0.2) is 0 Å². The Kier molecular flexibility index (Phi) is 2.63. The molecule has 0 unspecified atom stereocenters. The number of benzene rings is 1. The highest BCUT2D eigenvalue weighted by atomic mass is 19.1. The molecule has 1 heterocycles. The number of hydrogen-bond donors (Lipinski definition) is 2. The number of rotatable bonds is 2. The maximum Gasteiger partial charge on any atom is 0.292 e. The number of carbonyl (C=O) groups is 1. The van der Waals surface area contributed by atoms with Crippen LogP contribution in [0, 0.1) is 12.7 Å². The van der Waals surface area contributed by atoms with Crippen LogP contribution in [-0.4, -0.2) is 21.1 Å². The van der Waals surface area contributed by atoms with Gasteiger partial charge in [-0.05, 0) is 30.7 Å². The molecule has 16 heavy (non-hydrogen) atoms. The first kappa shape index (κ1) is 10.3. The average molecular weight is 220 g/mol. The lowest BCUT2D eigenvalue weighted by atomic mass is 10.2. The Balaban J connectivity index is 2.18. The van der Waals surface area contributed by atoms with Crippen molar-refractivity contribution in [1.82, 2.24) is 15.2 Å². The van der Waals surface area contributed by atoms with E-state index < -0.39 is 11.7 Å². The van der Waals surface area contributed by atoms with Gasteiger partial charge < -0.3 is 5.32 Å². The summed E-state index contributed by atoms with van der Waals surface area (Å²) >= 11 is 0. The van der Waals surface area contributed by atoms with Crippen molar-refractivity contribution >= 4 is 11.6 Å². The van der Waals surface area contributed by atoms with Crippen LogP contribution >= 0.6 is 0 Å². The van der Waals surface area contributed by atoms with Crippen molar-refractivity contribution in [3.63, 3.8) is 0 Å². The highest BCUT2D eigenvalue weighted by Crippen LogP contribution is 2.13. The largest absolute Gasteiger partial charge is 0.319 e. The maximum absolute atomic E-state index is 13.0. The van der Waals surface area contributed by atoms with Gasteiger partial charge in [-0.25, -0.2) is 9.37 Å². The number of amides is 1. The number of aromatic nitrogens is 3. The number of nitrogens with zero attached hydrogens (tertiary/aromatic N) is 2. The number of carbonyl (C=O) groups excluding carboxylic acids is 1. The van der Waals surface area contributed by atoms with E-state index in [2.05, 4.69) is 20.5 Å². The molecule has 0 aliphatic rings. The van der Waals surface area contributed by atoms with Gasteiger partial charge in [0.25, 0.3) is 5.91 Å². The molecule has 2 rings (SSSR count). The zero-order valence-electron chi connectivity index (χ0n) is 8.49. The van der Waals surface area contributed by atoms with Crippen LogP contribution < -0.4 is 5.32 Å². The SMILES string of the molecule is Cc1cc(F)cc(NC(=O)c2ncn[nH]2)c1. The number of hydrogen-bond acceptors (Lipinski definition) is 3. The summed E-state index contributed by atoms with van der Waals surface area (Å²) in [6, 6.07) is 4.28. The highest BCUT2D eigenvalue weighted by molar-refractivity contribution is 6.01. The molecule has 2 N–H and O–H groups in total. The lowest BCUT2D eigenvalue weighted by molar-refractivity contribution is 0.101. The van der Waals surface area contributed by atoms with E-state index in [1.54, 1.807) is 13.0 Å². The van der Waals surface area contributed by atoms with Crippen LogP contribution in [0.5, 0.6) is 0 Å². The predicted octanol–water partition coefficient (Wildman–Crippen LogP) is 1.50. The summed E-state index contributed by atoms with van der Waals surface area (Å²) < 4.78 is 13.0. The number of aromatic amines is 1. The van der Waals surface area contributed by atoms with Crippen LogP contribution in [0.25, 0.3) is 0 Å². The summed E-state index contributed by atoms with van der Waals surface area (Å²) in [6.07, 6.45) is 1.23. The van der Waals surface area contributed by atoms with E-state index in [0.717, 1.165) is 5.56 Å². The first-order valence-corrected chi connectivity index (χ1v) is 4.59. The monoisotopic (exact) mass is 220 g/mol. The Morgan fingerprint density at radius 1 is 1.44 bits per heavy atom. The molecule has 0 radical (unpaired) electrons. The minimum absolute atomic E-state index is 0.0851. The standard InChI is InChI=1S/C10H9FN4O/c1-6-2-7(11)4-8(3-6)14-10(16)9-12-5-13-15-9/h2-5H,1H3,(H,14,16)(H,12,13,15). The number of H-pyrrole nitrogens is 1. The van der Waals surface area contributed by atoms with Crippen LogP contribution in [0.3, 0.4) is 0 Å². The summed E-state index contributed by atoms with van der Waals surface area (Å²) in [6.45, 7) is 1.74. The van der Waals surface area contributed by atoms with E-state index in [1.807, 2.05) is 0 Å². The molecule has 0 bridgehead atoms. The van der Waals surface area contributed by atoms with Crippen molar-refractivity contribution in [2.75, 3.05) is 5.32 Å². The molecule has 0 spiro atoms. The molecular weight excluding hydrogens is 211 g/mol. The van der Waals surface area contributed by atoms with E-state index in [9.17, 15) is 9.18 Å². The molecule has 0 aliphatic heterocycles. The van der Waals surface area contributed by atoms with Crippen molar-refractivity contribution in [3.05, 3.63) is 41.7 Å². The second-order valence-corrected chi connectivity index (χ2v) is 3.31. The summed E-state index contributed by atoms with van der Waals surface area (Å²) in [5.74, 6) is -0.766. The van der Waals surface area contributed by atoms with Crippen molar-refractivity contribution in [2.45, 2.75) is 6.92 Å². The van der Waals surface area contributed by atoms with Gasteiger partial charge in [0.1, 0.15) is 12.1 Å². The summed E-state index contributed by atoms with van der Waals surface area (Å²) in [4.78, 5) is 15.2. The minimum Gasteiger partial charge on any atom is -0.319 e. The molecule has 5 nitrogen and oxygen atoms in total. The van der Waals surface area contributed by atoms with Gasteiger partial charge >= 0.3 is 0 Å². The fraction of sp³-hybridized carbons (Fsp3) is 0.100. The molecule has 6 heteroatoms. The van der Waals surface area contributed by atoms with Crippen LogP contribution in [-0.2, 0) is 0 Å². The number of aryl methyl sites for hydroxylation is 1. The second-order valence-electron chi connectivity index (χ2n) is 3.31. The molecular formula is C10H9FN4O. The van der Waals surface area contributed by atoms with E-state index in [0.29, 0.717) is 5.69 Å². The minimum atomic E-state index is -0.456. The Morgan fingerprint density at radius 2 is 2.25 bits per heavy atom. The maximum atomic E-state index is 13.0. The normalized spacial score (nSPS) is 10.1. The van der Waals surface area contributed by atoms with Crippen molar-refractivity contribution in [1.29, 1.82) is 0 Å². The lowest BCUT2D eigenvalue weighted by Crippen LogP contribution is -2.13. The second kappa shape index (κ2) is 4.09. The third kappa shape index (κ3) is 2.22. The van der Waals surface area contributed by atoms with Crippen molar-refractivity contribution in [3.8, 4) is 0 Å². The molecule has 1 aromatic heterocycles. The van der Waals surface area contributed by atoms with E-state index in [4.69, 9.17) is 0 Å². The van der Waals surface area contributed by atoms with Crippen LogP contribution in [0.1, 0.15) is 16.2 Å². The Labute approximate surface area is 90.7 Å². The highest BCUT2D eigenvalue weighted by Gasteiger charge is 2.09. The van der Waals surface area contributed by atoms with E-state index >= 15 is 0 Å². The zero-order chi connectivity index (χ0) is 11.5. The molecule has 1 amide bonds. The first-order valence-electron chi connectivity index (χ1n) is 4.59. The smallest absolute Gasteiger partial charge is 0.292 e. The molecule has 82 valence electrons. The summed E-state index contributed by atoms with van der Waals surface area (Å²) in [7, 11) is 0. The predicted molar refractivity (Wildman–Crippen MR) is 55.5 cm³/mol. The summed E-state index contributed by atoms with van der Waals surface area (Å²) in [5.41, 5.74) is 1.12. The third-order valence-electron chi connectivity index (χ3n) is 1.93. The Morgan fingerprint density at radius 3 is 2.88 bits per heavy atom. The van der Waals surface area contributed by atoms with Gasteiger partial charge in [0, 0.05) is 5.69 Å². The zero-order valence-corrected chi connectivity index (χ0v) is 8.49. The van der Waals surface area contributed by atoms with Crippen molar-refractivity contribution in [2.24, 2.45) is 0 Å². The third-order valence-corrected chi connectivity index (χ3v) is 1.93. The van der Waals surface area contributed by atoms with Gasteiger partial charge in [-0.1, -0.05) is 0 Å². The quantitative estimate of drug-likeness (QED) is 0.805. The summed E-state index contributed by atoms with van der Waals surface area (Å²) in [5, 5.41) is 8.48. The van der Waals surface area contributed by atoms with E-state index in [-0.39, 0.29) is 5.82 Å². The number of nitrogens with one attached hydrogen (secondary N) is 2. The number of halogens is 1. The molecule has 0 atom stereocenters. The topological polar surface area (TPSA) is 70.7 Å². The Hall–Kier alpha value is -2.24. The Bertz CT molecular complexity index is 489. The molecule has 0 aliphatic carbocycles.